The van der Waals surface area contributed by atoms with Crippen LogP contribution in [-0.2, 0) is 6.54 Å². The predicted molar refractivity (Wildman–Crippen MR) is 54.1 cm³/mol. The van der Waals surface area contributed by atoms with Crippen LogP contribution in [0.4, 0.5) is 0 Å². The van der Waals surface area contributed by atoms with Gasteiger partial charge in [-0.05, 0) is 25.0 Å². The molecule has 0 unspecified atom stereocenters. The van der Waals surface area contributed by atoms with Crippen LogP contribution in [0.2, 0.25) is 0 Å². The summed E-state index contributed by atoms with van der Waals surface area (Å²) in [6.45, 7) is 0.931. The van der Waals surface area contributed by atoms with Crippen LogP contribution in [0.25, 0.3) is 11.5 Å². The normalized spacial score (nSPS) is 20.2. The Morgan fingerprint density at radius 1 is 1.53 bits per heavy atom. The summed E-state index contributed by atoms with van der Waals surface area (Å²) in [7, 11) is 0. The number of aromatic nitrogens is 2. The standard InChI is InChI=1S/C11H12N2O2/c14-9-3-1-5-13-7-8(12-11(9)13)10-4-2-6-15-10/h2,4,6-7,9,14H,1,3,5H2/t9-/m1/s1. The molecule has 1 aliphatic heterocycles. The summed E-state index contributed by atoms with van der Waals surface area (Å²) in [5.41, 5.74) is 0.802. The minimum Gasteiger partial charge on any atom is -0.463 e. The summed E-state index contributed by atoms with van der Waals surface area (Å²) >= 11 is 0. The smallest absolute Gasteiger partial charge is 0.153 e. The Hall–Kier alpha value is -1.55. The summed E-state index contributed by atoms with van der Waals surface area (Å²) in [4.78, 5) is 4.39. The lowest BCUT2D eigenvalue weighted by Gasteiger charge is -2.18. The molecule has 15 heavy (non-hydrogen) atoms. The second-order valence-electron chi connectivity index (χ2n) is 3.81. The number of imidazole rings is 1. The lowest BCUT2D eigenvalue weighted by Crippen LogP contribution is -2.14. The number of aryl methyl sites for hydroxylation is 1. The highest BCUT2D eigenvalue weighted by Gasteiger charge is 2.21. The van der Waals surface area contributed by atoms with E-state index in [1.807, 2.05) is 22.9 Å². The van der Waals surface area contributed by atoms with Gasteiger partial charge in [0.05, 0.1) is 6.26 Å². The predicted octanol–water partition coefficient (Wildman–Crippen LogP) is 1.97. The fraction of sp³-hybridized carbons (Fsp3) is 0.364. The van der Waals surface area contributed by atoms with E-state index in [9.17, 15) is 5.11 Å². The van der Waals surface area contributed by atoms with Crippen molar-refractivity contribution in [2.75, 3.05) is 0 Å². The fourth-order valence-corrected chi connectivity index (χ4v) is 2.00. The molecule has 1 N–H and O–H groups in total. The van der Waals surface area contributed by atoms with E-state index in [4.69, 9.17) is 4.42 Å². The van der Waals surface area contributed by atoms with Gasteiger partial charge in [-0.3, -0.25) is 0 Å². The lowest BCUT2D eigenvalue weighted by atomic mass is 10.1. The van der Waals surface area contributed by atoms with E-state index in [1.54, 1.807) is 6.26 Å². The molecule has 0 bridgehead atoms. The lowest BCUT2D eigenvalue weighted by molar-refractivity contribution is 0.134. The van der Waals surface area contributed by atoms with Crippen molar-refractivity contribution in [1.29, 1.82) is 0 Å². The molecule has 0 aliphatic carbocycles. The van der Waals surface area contributed by atoms with Crippen molar-refractivity contribution in [2.24, 2.45) is 0 Å². The third kappa shape index (κ3) is 1.37. The molecule has 0 amide bonds. The van der Waals surface area contributed by atoms with Crippen molar-refractivity contribution in [3.05, 3.63) is 30.4 Å². The Kier molecular flexibility index (Phi) is 1.89. The van der Waals surface area contributed by atoms with Crippen molar-refractivity contribution in [2.45, 2.75) is 25.5 Å². The molecule has 1 atom stereocenters. The molecule has 3 heterocycles. The van der Waals surface area contributed by atoms with Gasteiger partial charge in [-0.25, -0.2) is 4.98 Å². The van der Waals surface area contributed by atoms with Gasteiger partial charge in [0.15, 0.2) is 5.76 Å². The number of rotatable bonds is 1. The Morgan fingerprint density at radius 3 is 3.20 bits per heavy atom. The van der Waals surface area contributed by atoms with E-state index < -0.39 is 6.10 Å². The first-order valence-electron chi connectivity index (χ1n) is 5.13. The van der Waals surface area contributed by atoms with Gasteiger partial charge >= 0.3 is 0 Å². The molecule has 4 nitrogen and oxygen atoms in total. The van der Waals surface area contributed by atoms with Gasteiger partial charge in [-0.2, -0.15) is 0 Å². The maximum atomic E-state index is 9.76. The van der Waals surface area contributed by atoms with E-state index >= 15 is 0 Å². The summed E-state index contributed by atoms with van der Waals surface area (Å²) in [5.74, 6) is 1.51. The number of furan rings is 1. The van der Waals surface area contributed by atoms with Crippen LogP contribution in [0.1, 0.15) is 24.8 Å². The number of nitrogens with zero attached hydrogens (tertiary/aromatic N) is 2. The first-order chi connectivity index (χ1) is 7.34. The summed E-state index contributed by atoms with van der Waals surface area (Å²) in [6, 6.07) is 3.71. The average molecular weight is 204 g/mol. The maximum absolute atomic E-state index is 9.76. The second-order valence-corrected chi connectivity index (χ2v) is 3.81. The van der Waals surface area contributed by atoms with E-state index in [2.05, 4.69) is 4.98 Å². The van der Waals surface area contributed by atoms with E-state index in [0.717, 1.165) is 36.7 Å². The zero-order valence-electron chi connectivity index (χ0n) is 8.26. The summed E-state index contributed by atoms with van der Waals surface area (Å²) in [6.07, 6.45) is 4.94. The van der Waals surface area contributed by atoms with Crippen molar-refractivity contribution >= 4 is 0 Å². The van der Waals surface area contributed by atoms with Crippen LogP contribution in [-0.4, -0.2) is 14.7 Å². The topological polar surface area (TPSA) is 51.2 Å². The van der Waals surface area contributed by atoms with E-state index in [-0.39, 0.29) is 0 Å². The number of aliphatic hydroxyl groups excluding tert-OH is 1. The third-order valence-electron chi connectivity index (χ3n) is 2.76. The zero-order chi connectivity index (χ0) is 10.3. The number of hydrogen-bond donors (Lipinski definition) is 1. The molecule has 0 aromatic carbocycles. The van der Waals surface area contributed by atoms with Crippen LogP contribution in [0.15, 0.2) is 29.0 Å². The molecular weight excluding hydrogens is 192 g/mol. The highest BCUT2D eigenvalue weighted by Crippen LogP contribution is 2.27. The van der Waals surface area contributed by atoms with Crippen LogP contribution in [0.5, 0.6) is 0 Å². The molecule has 2 aromatic rings. The molecule has 78 valence electrons. The Labute approximate surface area is 87.2 Å². The summed E-state index contributed by atoms with van der Waals surface area (Å²) < 4.78 is 7.28. The van der Waals surface area contributed by atoms with Crippen LogP contribution >= 0.6 is 0 Å². The fourth-order valence-electron chi connectivity index (χ4n) is 2.00. The number of hydrogen-bond acceptors (Lipinski definition) is 3. The molecule has 2 aromatic heterocycles. The van der Waals surface area contributed by atoms with Gasteiger partial charge in [0, 0.05) is 12.7 Å². The SMILES string of the molecule is O[C@@H]1CCCn2cc(-c3ccco3)nc21. The molecule has 0 saturated heterocycles. The van der Waals surface area contributed by atoms with Gasteiger partial charge < -0.3 is 14.1 Å². The first kappa shape index (κ1) is 8.73. The molecule has 0 saturated carbocycles. The molecule has 0 spiro atoms. The quantitative estimate of drug-likeness (QED) is 0.772. The molecule has 3 rings (SSSR count). The Balaban J connectivity index is 2.06. The minimum absolute atomic E-state index is 0.428. The van der Waals surface area contributed by atoms with Crippen LogP contribution in [0, 0.1) is 0 Å². The highest BCUT2D eigenvalue weighted by molar-refractivity contribution is 5.51. The van der Waals surface area contributed by atoms with Gasteiger partial charge in [-0.15, -0.1) is 0 Å². The molecule has 4 heteroatoms. The molecule has 0 radical (unpaired) electrons. The highest BCUT2D eigenvalue weighted by atomic mass is 16.3. The number of aliphatic hydroxyl groups is 1. The van der Waals surface area contributed by atoms with Crippen molar-refractivity contribution in [1.82, 2.24) is 9.55 Å². The average Bonchev–Trinajstić information content (AvgIpc) is 2.86. The Morgan fingerprint density at radius 2 is 2.47 bits per heavy atom. The first-order valence-corrected chi connectivity index (χ1v) is 5.13. The largest absolute Gasteiger partial charge is 0.463 e. The van der Waals surface area contributed by atoms with Crippen molar-refractivity contribution in [3.63, 3.8) is 0 Å². The maximum Gasteiger partial charge on any atom is 0.153 e. The monoisotopic (exact) mass is 204 g/mol. The van der Waals surface area contributed by atoms with Crippen LogP contribution < -0.4 is 0 Å². The molecule has 0 fully saturated rings. The van der Waals surface area contributed by atoms with E-state index in [1.165, 1.54) is 0 Å². The molecule has 1 aliphatic rings. The van der Waals surface area contributed by atoms with Gasteiger partial charge in [0.25, 0.3) is 0 Å². The second kappa shape index (κ2) is 3.24. The van der Waals surface area contributed by atoms with E-state index in [0.29, 0.717) is 0 Å². The Bertz CT molecular complexity index is 459. The molecular formula is C11H12N2O2. The van der Waals surface area contributed by atoms with Gasteiger partial charge in [0.1, 0.15) is 17.6 Å². The van der Waals surface area contributed by atoms with Gasteiger partial charge in [-0.1, -0.05) is 0 Å². The third-order valence-corrected chi connectivity index (χ3v) is 2.76. The van der Waals surface area contributed by atoms with Crippen molar-refractivity contribution < 1.29 is 9.52 Å². The van der Waals surface area contributed by atoms with Crippen LogP contribution in [0.3, 0.4) is 0 Å². The number of fused-ring (bicyclic) bond motifs is 1. The van der Waals surface area contributed by atoms with Crippen molar-refractivity contribution in [3.8, 4) is 11.5 Å². The summed E-state index contributed by atoms with van der Waals surface area (Å²) in [5, 5.41) is 9.76. The zero-order valence-corrected chi connectivity index (χ0v) is 8.26. The van der Waals surface area contributed by atoms with Gasteiger partial charge in [0.2, 0.25) is 0 Å². The minimum atomic E-state index is -0.428.